The van der Waals surface area contributed by atoms with E-state index in [0.29, 0.717) is 12.1 Å². The van der Waals surface area contributed by atoms with Crippen LogP contribution in [-0.4, -0.2) is 22.1 Å². The van der Waals surface area contributed by atoms with Gasteiger partial charge in [0, 0.05) is 16.1 Å². The molecule has 1 aromatic heterocycles. The Labute approximate surface area is 171 Å². The minimum atomic E-state index is -0.276. The Kier molecular flexibility index (Phi) is 6.20. The average molecular weight is 442 g/mol. The van der Waals surface area contributed by atoms with E-state index in [1.165, 1.54) is 0 Å². The van der Waals surface area contributed by atoms with E-state index >= 15 is 0 Å². The fourth-order valence-corrected chi connectivity index (χ4v) is 2.99. The van der Waals surface area contributed by atoms with E-state index in [1.807, 2.05) is 62.4 Å². The lowest BCUT2D eigenvalue weighted by Gasteiger charge is -2.12. The number of carbonyl (C=O) groups excluding carboxylic acids is 1. The van der Waals surface area contributed by atoms with Gasteiger partial charge >= 0.3 is 0 Å². The summed E-state index contributed by atoms with van der Waals surface area (Å²) >= 11 is 3.46. The molecule has 1 heterocycles. The van der Waals surface area contributed by atoms with Crippen molar-refractivity contribution in [3.8, 4) is 0 Å². The number of carbonyl (C=O) groups is 1. The summed E-state index contributed by atoms with van der Waals surface area (Å²) in [5, 5.41) is 21.4. The molecular weight excluding hydrogens is 422 g/mol. The molecule has 0 aliphatic heterocycles. The zero-order valence-corrected chi connectivity index (χ0v) is 17.1. The quantitative estimate of drug-likeness (QED) is 0.388. The Balaban J connectivity index is 1.66. The third kappa shape index (κ3) is 4.83. The number of benzene rings is 2. The normalized spacial score (nSPS) is 11.7. The van der Waals surface area contributed by atoms with Crippen LogP contribution in [0.5, 0.6) is 0 Å². The van der Waals surface area contributed by atoms with Crippen LogP contribution in [0.15, 0.2) is 57.6 Å². The Morgan fingerprint density at radius 3 is 2.64 bits per heavy atom. The highest BCUT2D eigenvalue weighted by atomic mass is 79.9. The molecule has 144 valence electrons. The van der Waals surface area contributed by atoms with Crippen LogP contribution in [0.4, 0.5) is 11.5 Å². The molecule has 1 amide bonds. The Bertz CT molecular complexity index is 987. The van der Waals surface area contributed by atoms with E-state index in [-0.39, 0.29) is 29.2 Å². The van der Waals surface area contributed by atoms with Gasteiger partial charge in [-0.2, -0.15) is 0 Å². The smallest absolute Gasteiger partial charge is 0.228 e. The molecule has 1 atom stereocenters. The van der Waals surface area contributed by atoms with Crippen molar-refractivity contribution in [3.63, 3.8) is 0 Å². The number of rotatable bonds is 6. The molecule has 3 N–H and O–H groups in total. The molecule has 7 nitrogen and oxygen atoms in total. The van der Waals surface area contributed by atoms with Crippen LogP contribution >= 0.6 is 15.9 Å². The standard InChI is InChI=1S/C20H20BrN5O2/c1-12-8-9-15(11-16(12)21)23-18(22)17-19(26-28-25-17)24-20(27)13(2)10-14-6-4-3-5-7-14/h3-9,11,13H,10H2,1-2H3,(H2,22,23)(H,24,26,27). The minimum absolute atomic E-state index is 0.0250. The maximum absolute atomic E-state index is 12.5. The van der Waals surface area contributed by atoms with Crippen LogP contribution in [0.2, 0.25) is 0 Å². The SMILES string of the molecule is Cc1ccc(NC(=N)c2nonc2NC(=O)C(C)Cc2ccccc2)cc1Br. The Morgan fingerprint density at radius 1 is 1.18 bits per heavy atom. The van der Waals surface area contributed by atoms with Crippen LogP contribution in [0.25, 0.3) is 0 Å². The van der Waals surface area contributed by atoms with Crippen molar-refractivity contribution in [2.24, 2.45) is 5.92 Å². The predicted octanol–water partition coefficient (Wildman–Crippen LogP) is 4.40. The van der Waals surface area contributed by atoms with Crippen LogP contribution in [0.1, 0.15) is 23.7 Å². The van der Waals surface area contributed by atoms with Gasteiger partial charge in [0.1, 0.15) is 0 Å². The van der Waals surface area contributed by atoms with Gasteiger partial charge in [-0.3, -0.25) is 10.2 Å². The summed E-state index contributed by atoms with van der Waals surface area (Å²) in [6, 6.07) is 15.4. The number of amides is 1. The number of hydrogen-bond acceptors (Lipinski definition) is 5. The van der Waals surface area contributed by atoms with E-state index in [2.05, 4.69) is 36.9 Å². The summed E-state index contributed by atoms with van der Waals surface area (Å²) in [6.07, 6.45) is 0.598. The van der Waals surface area contributed by atoms with Gasteiger partial charge in [0.25, 0.3) is 0 Å². The number of hydrogen-bond donors (Lipinski definition) is 3. The number of amidine groups is 1. The molecule has 3 aromatic rings. The number of aromatic nitrogens is 2. The molecule has 0 aliphatic carbocycles. The van der Waals surface area contributed by atoms with Gasteiger partial charge in [-0.15, -0.1) is 0 Å². The first-order chi connectivity index (χ1) is 13.4. The van der Waals surface area contributed by atoms with E-state index in [0.717, 1.165) is 15.6 Å². The van der Waals surface area contributed by atoms with Gasteiger partial charge in [-0.25, -0.2) is 4.63 Å². The monoisotopic (exact) mass is 441 g/mol. The number of anilines is 2. The number of nitrogens with zero attached hydrogens (tertiary/aromatic N) is 2. The molecule has 0 aliphatic rings. The molecular formula is C20H20BrN5O2. The van der Waals surface area contributed by atoms with Crippen molar-refractivity contribution in [3.05, 3.63) is 69.8 Å². The van der Waals surface area contributed by atoms with Crippen LogP contribution < -0.4 is 10.6 Å². The van der Waals surface area contributed by atoms with Crippen molar-refractivity contribution in [1.82, 2.24) is 10.3 Å². The molecule has 0 fully saturated rings. The first kappa shape index (κ1) is 19.8. The van der Waals surface area contributed by atoms with E-state index in [9.17, 15) is 4.79 Å². The van der Waals surface area contributed by atoms with Crippen molar-refractivity contribution >= 4 is 39.2 Å². The largest absolute Gasteiger partial charge is 0.339 e. The van der Waals surface area contributed by atoms with Crippen molar-refractivity contribution in [2.45, 2.75) is 20.3 Å². The fraction of sp³-hybridized carbons (Fsp3) is 0.200. The lowest BCUT2D eigenvalue weighted by molar-refractivity contribution is -0.119. The molecule has 3 rings (SSSR count). The van der Waals surface area contributed by atoms with Gasteiger partial charge in [0.2, 0.25) is 11.7 Å². The van der Waals surface area contributed by atoms with Gasteiger partial charge < -0.3 is 10.6 Å². The maximum Gasteiger partial charge on any atom is 0.228 e. The van der Waals surface area contributed by atoms with Crippen molar-refractivity contribution < 1.29 is 9.42 Å². The first-order valence-corrected chi connectivity index (χ1v) is 9.53. The van der Waals surface area contributed by atoms with Gasteiger partial charge in [0.05, 0.1) is 0 Å². The third-order valence-corrected chi connectivity index (χ3v) is 5.09. The highest BCUT2D eigenvalue weighted by molar-refractivity contribution is 9.10. The second-order valence-electron chi connectivity index (χ2n) is 6.51. The van der Waals surface area contributed by atoms with Crippen LogP contribution in [-0.2, 0) is 11.2 Å². The topological polar surface area (TPSA) is 104 Å². The molecule has 0 radical (unpaired) electrons. The van der Waals surface area contributed by atoms with Gasteiger partial charge in [-0.05, 0) is 46.9 Å². The molecule has 0 bridgehead atoms. The van der Waals surface area contributed by atoms with E-state index in [4.69, 9.17) is 10.0 Å². The molecule has 8 heteroatoms. The second-order valence-corrected chi connectivity index (χ2v) is 7.36. The van der Waals surface area contributed by atoms with E-state index < -0.39 is 0 Å². The van der Waals surface area contributed by atoms with Crippen molar-refractivity contribution in [2.75, 3.05) is 10.6 Å². The predicted molar refractivity (Wildman–Crippen MR) is 112 cm³/mol. The molecule has 1 unspecified atom stereocenters. The zero-order chi connectivity index (χ0) is 20.1. The molecule has 0 saturated carbocycles. The highest BCUT2D eigenvalue weighted by Crippen LogP contribution is 2.22. The number of nitrogens with one attached hydrogen (secondary N) is 3. The fourth-order valence-electron chi connectivity index (χ4n) is 2.61. The first-order valence-electron chi connectivity index (χ1n) is 8.73. The van der Waals surface area contributed by atoms with Crippen LogP contribution in [0.3, 0.4) is 0 Å². The summed E-state index contributed by atoms with van der Waals surface area (Å²) in [5.41, 5.74) is 3.00. The summed E-state index contributed by atoms with van der Waals surface area (Å²) in [5.74, 6) is -0.398. The van der Waals surface area contributed by atoms with Gasteiger partial charge in [-0.1, -0.05) is 59.3 Å². The second kappa shape index (κ2) is 8.79. The zero-order valence-electron chi connectivity index (χ0n) is 15.5. The Morgan fingerprint density at radius 2 is 1.93 bits per heavy atom. The molecule has 0 spiro atoms. The van der Waals surface area contributed by atoms with Gasteiger partial charge in [0.15, 0.2) is 11.5 Å². The van der Waals surface area contributed by atoms with E-state index in [1.54, 1.807) is 0 Å². The lowest BCUT2D eigenvalue weighted by Crippen LogP contribution is -2.24. The average Bonchev–Trinajstić information content (AvgIpc) is 3.13. The van der Waals surface area contributed by atoms with Crippen molar-refractivity contribution in [1.29, 1.82) is 5.41 Å². The summed E-state index contributed by atoms with van der Waals surface area (Å²) in [6.45, 7) is 3.81. The third-order valence-electron chi connectivity index (χ3n) is 4.24. The molecule has 0 saturated heterocycles. The highest BCUT2D eigenvalue weighted by Gasteiger charge is 2.21. The summed E-state index contributed by atoms with van der Waals surface area (Å²) in [7, 11) is 0. The summed E-state index contributed by atoms with van der Waals surface area (Å²) in [4.78, 5) is 12.5. The Hall–Kier alpha value is -3.00. The minimum Gasteiger partial charge on any atom is -0.339 e. The maximum atomic E-state index is 12.5. The molecule has 28 heavy (non-hydrogen) atoms. The summed E-state index contributed by atoms with van der Waals surface area (Å²) < 4.78 is 5.66. The number of aryl methyl sites for hydroxylation is 1. The van der Waals surface area contributed by atoms with Crippen LogP contribution in [0, 0.1) is 18.3 Å². The molecule has 2 aromatic carbocycles. The number of halogens is 1. The lowest BCUT2D eigenvalue weighted by atomic mass is 10.0.